The van der Waals surface area contributed by atoms with Crippen molar-refractivity contribution >= 4 is 29.3 Å². The highest BCUT2D eigenvalue weighted by atomic mass is 32.1. The molecule has 0 bridgehead atoms. The summed E-state index contributed by atoms with van der Waals surface area (Å²) < 4.78 is 0. The number of nitrogens with zero attached hydrogens (tertiary/aromatic N) is 4. The molecule has 3 aromatic rings. The molecule has 8 nitrogen and oxygen atoms in total. The molecule has 0 saturated carbocycles. The van der Waals surface area contributed by atoms with E-state index in [9.17, 15) is 4.79 Å². The fraction of sp³-hybridized carbons (Fsp3) is 0.292. The predicted molar refractivity (Wildman–Crippen MR) is 134 cm³/mol. The molecule has 0 unspecified atom stereocenters. The van der Waals surface area contributed by atoms with Crippen molar-refractivity contribution < 1.29 is 4.79 Å². The highest BCUT2D eigenvalue weighted by Crippen LogP contribution is 2.27. The number of carbonyl (C=O) groups is 1. The summed E-state index contributed by atoms with van der Waals surface area (Å²) in [6.45, 7) is 8.71. The number of aliphatic imine (C=N–C) groups is 1. The molecule has 4 N–H and O–H groups in total. The van der Waals surface area contributed by atoms with E-state index in [1.165, 1.54) is 23.9 Å². The lowest BCUT2D eigenvalue weighted by Crippen LogP contribution is -2.22. The lowest BCUT2D eigenvalue weighted by molar-refractivity contribution is 0.0954. The molecule has 2 aromatic heterocycles. The summed E-state index contributed by atoms with van der Waals surface area (Å²) in [5.74, 6) is 0.502. The summed E-state index contributed by atoms with van der Waals surface area (Å²) >= 11 is 1.43. The third kappa shape index (κ3) is 6.23. The van der Waals surface area contributed by atoms with Crippen molar-refractivity contribution in [2.75, 3.05) is 12.4 Å². The number of allylic oxidation sites excluding steroid dienone is 1. The molecule has 0 atom stereocenters. The highest BCUT2D eigenvalue weighted by Gasteiger charge is 2.20. The predicted octanol–water partition coefficient (Wildman–Crippen LogP) is 4.05. The monoisotopic (exact) mass is 463 g/mol. The molecular weight excluding hydrogens is 434 g/mol. The molecule has 1 amide bonds. The second-order valence-electron chi connectivity index (χ2n) is 8.53. The zero-order valence-electron chi connectivity index (χ0n) is 19.5. The summed E-state index contributed by atoms with van der Waals surface area (Å²) in [4.78, 5) is 30.2. The van der Waals surface area contributed by atoms with Gasteiger partial charge >= 0.3 is 0 Å². The molecule has 33 heavy (non-hydrogen) atoms. The maximum atomic E-state index is 12.6. The van der Waals surface area contributed by atoms with Crippen LogP contribution in [-0.4, -0.2) is 34.1 Å². The Morgan fingerprint density at radius 1 is 1.21 bits per heavy atom. The molecular formula is C24H29N7OS. The van der Waals surface area contributed by atoms with E-state index >= 15 is 0 Å². The van der Waals surface area contributed by atoms with Crippen LogP contribution in [0.4, 0.5) is 5.82 Å². The number of thiazole rings is 1. The van der Waals surface area contributed by atoms with Crippen LogP contribution < -0.4 is 16.4 Å². The molecule has 1 aromatic carbocycles. The first kappa shape index (κ1) is 24.1. The number of carbonyl (C=O) groups excluding carboxylic acids is 1. The molecule has 0 aliphatic carbocycles. The number of nitrogens with two attached hydrogens (primary N) is 1. The number of hydrogen-bond acceptors (Lipinski definition) is 8. The van der Waals surface area contributed by atoms with E-state index in [4.69, 9.17) is 5.73 Å². The van der Waals surface area contributed by atoms with Gasteiger partial charge in [-0.25, -0.2) is 15.0 Å². The molecule has 172 valence electrons. The van der Waals surface area contributed by atoms with Crippen molar-refractivity contribution in [1.82, 2.24) is 20.3 Å². The maximum Gasteiger partial charge on any atom is 0.263 e. The highest BCUT2D eigenvalue weighted by molar-refractivity contribution is 7.13. The Kier molecular flexibility index (Phi) is 7.55. The van der Waals surface area contributed by atoms with Crippen LogP contribution in [0.15, 0.2) is 53.7 Å². The molecule has 0 spiro atoms. The standard InChI is InChI=1S/C24H29N7OS/c1-15-8-16(19-9-21(30-14-29-19)31-18(10-25)12-26-5)6-7-17(15)11-27-22(32)20-13-28-23(33-20)24(2,3)4/h6-10,12-14H,11,25H2,1-5H3,(H,27,32)(H,29,30,31). The van der Waals surface area contributed by atoms with Crippen LogP contribution in [-0.2, 0) is 12.0 Å². The van der Waals surface area contributed by atoms with Gasteiger partial charge in [-0.2, -0.15) is 0 Å². The summed E-state index contributed by atoms with van der Waals surface area (Å²) in [5.41, 5.74) is 9.99. The maximum absolute atomic E-state index is 12.6. The van der Waals surface area contributed by atoms with Gasteiger partial charge in [-0.15, -0.1) is 11.3 Å². The van der Waals surface area contributed by atoms with Crippen molar-refractivity contribution in [3.8, 4) is 11.3 Å². The molecule has 0 aliphatic heterocycles. The number of aryl methyl sites for hydroxylation is 1. The number of nitrogens with one attached hydrogen (secondary N) is 2. The zero-order valence-corrected chi connectivity index (χ0v) is 20.3. The van der Waals surface area contributed by atoms with Gasteiger partial charge < -0.3 is 16.4 Å². The van der Waals surface area contributed by atoms with Crippen LogP contribution in [0.25, 0.3) is 11.3 Å². The topological polar surface area (TPSA) is 118 Å². The van der Waals surface area contributed by atoms with Gasteiger partial charge in [0, 0.05) is 43.1 Å². The lowest BCUT2D eigenvalue weighted by atomic mass is 9.98. The molecule has 3 rings (SSSR count). The van der Waals surface area contributed by atoms with Crippen LogP contribution in [0, 0.1) is 6.92 Å². The first-order valence-electron chi connectivity index (χ1n) is 10.5. The average Bonchev–Trinajstić information content (AvgIpc) is 3.29. The SMILES string of the molecule is CN=CC(=CN)Nc1cc(-c2ccc(CNC(=O)c3cnc(C(C)(C)C)s3)c(C)c2)ncn1. The van der Waals surface area contributed by atoms with E-state index in [-0.39, 0.29) is 11.3 Å². The smallest absolute Gasteiger partial charge is 0.263 e. The Hall–Kier alpha value is -3.59. The van der Waals surface area contributed by atoms with Crippen LogP contribution in [0.3, 0.4) is 0 Å². The van der Waals surface area contributed by atoms with Crippen LogP contribution in [0.2, 0.25) is 0 Å². The van der Waals surface area contributed by atoms with Gasteiger partial charge in [0.2, 0.25) is 0 Å². The molecule has 0 radical (unpaired) electrons. The Bertz CT molecular complexity index is 1190. The number of aromatic nitrogens is 3. The average molecular weight is 464 g/mol. The first-order valence-corrected chi connectivity index (χ1v) is 11.3. The normalized spacial score (nSPS) is 12.2. The fourth-order valence-electron chi connectivity index (χ4n) is 3.03. The van der Waals surface area contributed by atoms with E-state index < -0.39 is 0 Å². The summed E-state index contributed by atoms with van der Waals surface area (Å²) in [6.07, 6.45) is 6.19. The minimum absolute atomic E-state index is 0.0717. The second kappa shape index (κ2) is 10.4. The van der Waals surface area contributed by atoms with Gasteiger partial charge in [0.15, 0.2) is 0 Å². The third-order valence-electron chi connectivity index (χ3n) is 4.84. The Morgan fingerprint density at radius 3 is 2.64 bits per heavy atom. The second-order valence-corrected chi connectivity index (χ2v) is 9.56. The number of benzene rings is 1. The van der Waals surface area contributed by atoms with Gasteiger partial charge in [-0.1, -0.05) is 32.9 Å². The molecule has 0 saturated heterocycles. The third-order valence-corrected chi connectivity index (χ3v) is 6.26. The van der Waals surface area contributed by atoms with E-state index in [2.05, 4.69) is 51.3 Å². The van der Waals surface area contributed by atoms with E-state index in [0.717, 1.165) is 27.4 Å². The van der Waals surface area contributed by atoms with Crippen molar-refractivity contribution in [3.05, 3.63) is 69.7 Å². The van der Waals surface area contributed by atoms with E-state index in [0.29, 0.717) is 22.9 Å². The summed E-state index contributed by atoms with van der Waals surface area (Å²) in [6, 6.07) is 7.88. The van der Waals surface area contributed by atoms with E-state index in [1.807, 2.05) is 31.2 Å². The molecule has 2 heterocycles. The van der Waals surface area contributed by atoms with Crippen molar-refractivity contribution in [3.63, 3.8) is 0 Å². The minimum atomic E-state index is -0.114. The Labute approximate surface area is 198 Å². The Morgan fingerprint density at radius 2 is 2.00 bits per heavy atom. The Balaban J connectivity index is 1.70. The van der Waals surface area contributed by atoms with Crippen LogP contribution in [0.5, 0.6) is 0 Å². The summed E-state index contributed by atoms with van der Waals surface area (Å²) in [5, 5.41) is 7.05. The van der Waals surface area contributed by atoms with Crippen molar-refractivity contribution in [1.29, 1.82) is 0 Å². The van der Waals surface area contributed by atoms with Gasteiger partial charge in [-0.3, -0.25) is 9.79 Å². The van der Waals surface area contributed by atoms with Crippen molar-refractivity contribution in [2.45, 2.75) is 39.7 Å². The van der Waals surface area contributed by atoms with Gasteiger partial charge in [0.1, 0.15) is 17.0 Å². The van der Waals surface area contributed by atoms with Gasteiger partial charge in [0.05, 0.1) is 22.6 Å². The number of rotatable bonds is 7. The van der Waals surface area contributed by atoms with Gasteiger partial charge in [-0.05, 0) is 24.1 Å². The fourth-order valence-corrected chi connectivity index (χ4v) is 3.92. The zero-order chi connectivity index (χ0) is 24.0. The van der Waals surface area contributed by atoms with Crippen LogP contribution >= 0.6 is 11.3 Å². The number of hydrogen-bond donors (Lipinski definition) is 3. The first-order chi connectivity index (χ1) is 15.7. The van der Waals surface area contributed by atoms with Crippen molar-refractivity contribution in [2.24, 2.45) is 10.7 Å². The van der Waals surface area contributed by atoms with Crippen LogP contribution in [0.1, 0.15) is 46.6 Å². The van der Waals surface area contributed by atoms with E-state index in [1.54, 1.807) is 19.5 Å². The number of anilines is 1. The molecule has 0 fully saturated rings. The number of amides is 1. The minimum Gasteiger partial charge on any atom is -0.403 e. The largest absolute Gasteiger partial charge is 0.403 e. The molecule has 9 heteroatoms. The summed E-state index contributed by atoms with van der Waals surface area (Å²) in [7, 11) is 1.67. The molecule has 0 aliphatic rings. The lowest BCUT2D eigenvalue weighted by Gasteiger charge is -2.13. The van der Waals surface area contributed by atoms with Gasteiger partial charge in [0.25, 0.3) is 5.91 Å². The quantitative estimate of drug-likeness (QED) is 0.455.